The molecule has 1 aromatic carbocycles. The maximum absolute atomic E-state index is 10.9. The van der Waals surface area contributed by atoms with Crippen molar-refractivity contribution in [1.29, 1.82) is 0 Å². The van der Waals surface area contributed by atoms with E-state index >= 15 is 0 Å². The number of carboxylic acid groups (broad SMARTS) is 1. The fourth-order valence-electron chi connectivity index (χ4n) is 2.02. The molecule has 0 radical (unpaired) electrons. The molecule has 0 amide bonds. The van der Waals surface area contributed by atoms with Crippen molar-refractivity contribution >= 4 is 17.6 Å². The minimum Gasteiger partial charge on any atom is -0.478 e. The lowest BCUT2D eigenvalue weighted by atomic mass is 9.88. The summed E-state index contributed by atoms with van der Waals surface area (Å²) in [7, 11) is 0. The Hall–Kier alpha value is -1.02. The van der Waals surface area contributed by atoms with Crippen molar-refractivity contribution in [3.8, 4) is 0 Å². The Morgan fingerprint density at radius 3 is 2.50 bits per heavy atom. The molecule has 0 atom stereocenters. The zero-order valence-corrected chi connectivity index (χ0v) is 8.47. The topological polar surface area (TPSA) is 37.3 Å². The summed E-state index contributed by atoms with van der Waals surface area (Å²) in [4.78, 5) is 10.9. The van der Waals surface area contributed by atoms with Crippen LogP contribution in [0.25, 0.3) is 0 Å². The van der Waals surface area contributed by atoms with Crippen molar-refractivity contribution in [2.75, 3.05) is 0 Å². The highest BCUT2D eigenvalue weighted by molar-refractivity contribution is 6.31. The van der Waals surface area contributed by atoms with E-state index in [-0.39, 0.29) is 0 Å². The first kappa shape index (κ1) is 9.53. The second-order valence-electron chi connectivity index (χ2n) is 3.56. The molecule has 74 valence electrons. The van der Waals surface area contributed by atoms with Crippen molar-refractivity contribution in [2.45, 2.75) is 25.7 Å². The van der Waals surface area contributed by atoms with Gasteiger partial charge in [0.25, 0.3) is 0 Å². The van der Waals surface area contributed by atoms with Crippen LogP contribution in [0.1, 0.15) is 34.3 Å². The number of fused-ring (bicyclic) bond motifs is 1. The molecular weight excluding hydrogens is 200 g/mol. The number of hydrogen-bond acceptors (Lipinski definition) is 1. The van der Waals surface area contributed by atoms with E-state index in [1.165, 1.54) is 0 Å². The van der Waals surface area contributed by atoms with Gasteiger partial charge in [-0.05, 0) is 48.9 Å². The molecule has 0 heterocycles. The summed E-state index contributed by atoms with van der Waals surface area (Å²) in [6, 6.07) is 3.30. The van der Waals surface area contributed by atoms with Gasteiger partial charge in [0.1, 0.15) is 0 Å². The maximum atomic E-state index is 10.9. The molecule has 1 aliphatic rings. The largest absolute Gasteiger partial charge is 0.478 e. The lowest BCUT2D eigenvalue weighted by Crippen LogP contribution is -2.10. The second-order valence-corrected chi connectivity index (χ2v) is 3.97. The SMILES string of the molecule is O=C(O)c1ccc(Cl)c2c1CCCC2. The molecule has 14 heavy (non-hydrogen) atoms. The van der Waals surface area contributed by atoms with Crippen LogP contribution in [0.3, 0.4) is 0 Å². The summed E-state index contributed by atoms with van der Waals surface area (Å²) in [6.45, 7) is 0. The molecule has 1 N–H and O–H groups in total. The first-order valence-corrected chi connectivity index (χ1v) is 5.11. The van der Waals surface area contributed by atoms with E-state index in [0.717, 1.165) is 36.8 Å². The van der Waals surface area contributed by atoms with Crippen LogP contribution < -0.4 is 0 Å². The molecule has 1 aliphatic carbocycles. The van der Waals surface area contributed by atoms with Gasteiger partial charge in [0.15, 0.2) is 0 Å². The van der Waals surface area contributed by atoms with E-state index in [9.17, 15) is 4.79 Å². The molecule has 0 saturated heterocycles. The zero-order valence-electron chi connectivity index (χ0n) is 7.72. The number of carboxylic acids is 1. The summed E-state index contributed by atoms with van der Waals surface area (Å²) in [5, 5.41) is 9.70. The normalized spacial score (nSPS) is 14.9. The summed E-state index contributed by atoms with van der Waals surface area (Å²) in [5.41, 5.74) is 2.40. The van der Waals surface area contributed by atoms with Gasteiger partial charge in [0.05, 0.1) is 5.56 Å². The van der Waals surface area contributed by atoms with E-state index in [2.05, 4.69) is 0 Å². The van der Waals surface area contributed by atoms with Gasteiger partial charge in [-0.3, -0.25) is 0 Å². The van der Waals surface area contributed by atoms with Crippen LogP contribution in [0.15, 0.2) is 12.1 Å². The fourth-order valence-corrected chi connectivity index (χ4v) is 2.30. The molecule has 2 rings (SSSR count). The summed E-state index contributed by atoms with van der Waals surface area (Å²) in [6.07, 6.45) is 3.93. The van der Waals surface area contributed by atoms with Gasteiger partial charge >= 0.3 is 5.97 Å². The number of carbonyl (C=O) groups is 1. The van der Waals surface area contributed by atoms with Crippen LogP contribution in [-0.4, -0.2) is 11.1 Å². The Balaban J connectivity index is 2.59. The number of rotatable bonds is 1. The lowest BCUT2D eigenvalue weighted by Gasteiger charge is -2.18. The molecule has 1 aromatic rings. The van der Waals surface area contributed by atoms with E-state index in [0.29, 0.717) is 10.6 Å². The third-order valence-corrected chi connectivity index (χ3v) is 3.06. The molecule has 2 nitrogen and oxygen atoms in total. The number of benzene rings is 1. The van der Waals surface area contributed by atoms with Crippen LogP contribution in [0, 0.1) is 0 Å². The van der Waals surface area contributed by atoms with Gasteiger partial charge in [-0.2, -0.15) is 0 Å². The molecule has 0 saturated carbocycles. The average molecular weight is 211 g/mol. The van der Waals surface area contributed by atoms with Gasteiger partial charge in [-0.1, -0.05) is 11.6 Å². The van der Waals surface area contributed by atoms with Crippen molar-refractivity contribution in [2.24, 2.45) is 0 Å². The van der Waals surface area contributed by atoms with Gasteiger partial charge in [0, 0.05) is 5.02 Å². The monoisotopic (exact) mass is 210 g/mol. The Bertz CT molecular complexity index is 385. The molecule has 0 aromatic heterocycles. The summed E-state index contributed by atoms with van der Waals surface area (Å²) < 4.78 is 0. The highest BCUT2D eigenvalue weighted by Gasteiger charge is 2.19. The van der Waals surface area contributed by atoms with Crippen LogP contribution in [0.5, 0.6) is 0 Å². The molecular formula is C11H11ClO2. The van der Waals surface area contributed by atoms with Crippen LogP contribution in [0.2, 0.25) is 5.02 Å². The molecule has 0 aliphatic heterocycles. The van der Waals surface area contributed by atoms with Crippen molar-refractivity contribution < 1.29 is 9.90 Å². The average Bonchev–Trinajstić information content (AvgIpc) is 2.18. The van der Waals surface area contributed by atoms with E-state index in [1.807, 2.05) is 0 Å². The van der Waals surface area contributed by atoms with Crippen LogP contribution in [-0.2, 0) is 12.8 Å². The number of aromatic carboxylic acids is 1. The first-order chi connectivity index (χ1) is 6.70. The van der Waals surface area contributed by atoms with Crippen molar-refractivity contribution in [3.05, 3.63) is 33.8 Å². The third-order valence-electron chi connectivity index (χ3n) is 2.71. The predicted octanol–water partition coefficient (Wildman–Crippen LogP) is 2.92. The number of halogens is 1. The molecule has 0 bridgehead atoms. The third kappa shape index (κ3) is 1.50. The fraction of sp³-hybridized carbons (Fsp3) is 0.364. The van der Waals surface area contributed by atoms with Gasteiger partial charge in [-0.15, -0.1) is 0 Å². The minimum atomic E-state index is -0.847. The zero-order chi connectivity index (χ0) is 10.1. The van der Waals surface area contributed by atoms with E-state index in [4.69, 9.17) is 16.7 Å². The Morgan fingerprint density at radius 1 is 1.21 bits per heavy atom. The predicted molar refractivity (Wildman–Crippen MR) is 55.1 cm³/mol. The standard InChI is InChI=1S/C11H11ClO2/c12-10-6-5-9(11(13)14)7-3-1-2-4-8(7)10/h5-6H,1-4H2,(H,13,14). The Labute approximate surface area is 87.5 Å². The maximum Gasteiger partial charge on any atom is 0.335 e. The second kappa shape index (κ2) is 3.62. The highest BCUT2D eigenvalue weighted by atomic mass is 35.5. The number of hydrogen-bond donors (Lipinski definition) is 1. The molecule has 3 heteroatoms. The van der Waals surface area contributed by atoms with Gasteiger partial charge < -0.3 is 5.11 Å². The van der Waals surface area contributed by atoms with Crippen LogP contribution >= 0.6 is 11.6 Å². The smallest absolute Gasteiger partial charge is 0.335 e. The lowest BCUT2D eigenvalue weighted by molar-refractivity contribution is 0.0695. The molecule has 0 fully saturated rings. The quantitative estimate of drug-likeness (QED) is 0.774. The van der Waals surface area contributed by atoms with Crippen molar-refractivity contribution in [1.82, 2.24) is 0 Å². The summed E-state index contributed by atoms with van der Waals surface area (Å²) >= 11 is 6.03. The molecule has 0 spiro atoms. The van der Waals surface area contributed by atoms with Crippen LogP contribution in [0.4, 0.5) is 0 Å². The Morgan fingerprint density at radius 2 is 1.86 bits per heavy atom. The summed E-state index contributed by atoms with van der Waals surface area (Å²) in [5.74, 6) is -0.847. The first-order valence-electron chi connectivity index (χ1n) is 4.73. The van der Waals surface area contributed by atoms with Gasteiger partial charge in [-0.25, -0.2) is 4.79 Å². The minimum absolute atomic E-state index is 0.420. The van der Waals surface area contributed by atoms with Crippen molar-refractivity contribution in [3.63, 3.8) is 0 Å². The van der Waals surface area contributed by atoms with E-state index < -0.39 is 5.97 Å². The highest BCUT2D eigenvalue weighted by Crippen LogP contribution is 2.30. The van der Waals surface area contributed by atoms with Gasteiger partial charge in [0.2, 0.25) is 0 Å². The van der Waals surface area contributed by atoms with E-state index in [1.54, 1.807) is 12.1 Å². The molecule has 0 unspecified atom stereocenters. The Kier molecular flexibility index (Phi) is 2.46.